The van der Waals surface area contributed by atoms with Crippen LogP contribution in [0.1, 0.15) is 69.8 Å². The molecule has 0 radical (unpaired) electrons. The molecule has 2 bridgehead atoms. The third-order valence-electron chi connectivity index (χ3n) is 11.2. The largest absolute Gasteiger partial charge is 0.359 e. The first kappa shape index (κ1) is 21.1. The summed E-state index contributed by atoms with van der Waals surface area (Å²) in [5.41, 5.74) is 10.9. The Morgan fingerprint density at radius 1 is 1.09 bits per heavy atom. The van der Waals surface area contributed by atoms with E-state index < -0.39 is 0 Å². The Balaban J connectivity index is 1.14. The van der Waals surface area contributed by atoms with E-state index in [-0.39, 0.29) is 16.6 Å². The van der Waals surface area contributed by atoms with Crippen molar-refractivity contribution in [2.45, 2.75) is 87.5 Å². The molecular formula is C31H37N3O. The van der Waals surface area contributed by atoms with Crippen molar-refractivity contribution in [3.63, 3.8) is 0 Å². The van der Waals surface area contributed by atoms with Gasteiger partial charge in [-0.15, -0.1) is 0 Å². The summed E-state index contributed by atoms with van der Waals surface area (Å²) < 4.78 is 7.49. The highest BCUT2D eigenvalue weighted by atomic mass is 16.5. The number of aromatic nitrogens is 1. The molecule has 2 spiro atoms. The molecule has 4 nitrogen and oxygen atoms in total. The molecule has 8 rings (SSSR count). The SMILES string of the molecule is C[C@]12CC=C3C=C4CC[C@@H](N5CC(N)C5)C[C@]45CC[C@]3(O5)[C@@H]1CC[C@@H]2c1ccc2ccncc2c1. The molecule has 4 heterocycles. The maximum atomic E-state index is 7.49. The number of hydrogen-bond acceptors (Lipinski definition) is 4. The number of allylic oxidation sites excluding steroid dienone is 1. The van der Waals surface area contributed by atoms with Crippen LogP contribution in [0, 0.1) is 11.3 Å². The van der Waals surface area contributed by atoms with Crippen LogP contribution in [0.5, 0.6) is 0 Å². The molecule has 182 valence electrons. The molecule has 1 aromatic carbocycles. The van der Waals surface area contributed by atoms with Gasteiger partial charge in [-0.05, 0) is 103 Å². The Morgan fingerprint density at radius 2 is 2.00 bits per heavy atom. The van der Waals surface area contributed by atoms with Crippen molar-refractivity contribution in [1.29, 1.82) is 0 Å². The minimum absolute atomic E-state index is 0.0229. The molecule has 1 aromatic heterocycles. The van der Waals surface area contributed by atoms with Crippen LogP contribution < -0.4 is 5.73 Å². The van der Waals surface area contributed by atoms with Crippen LogP contribution in [0.25, 0.3) is 10.8 Å². The topological polar surface area (TPSA) is 51.4 Å². The van der Waals surface area contributed by atoms with Crippen LogP contribution in [0.3, 0.4) is 0 Å². The van der Waals surface area contributed by atoms with Gasteiger partial charge in [0, 0.05) is 43.0 Å². The van der Waals surface area contributed by atoms with Crippen LogP contribution in [0.4, 0.5) is 0 Å². The normalized spacial score (nSPS) is 42.6. The van der Waals surface area contributed by atoms with Crippen molar-refractivity contribution in [2.24, 2.45) is 17.1 Å². The Labute approximate surface area is 208 Å². The number of rotatable bonds is 2. The van der Waals surface area contributed by atoms with Gasteiger partial charge in [-0.1, -0.05) is 31.2 Å². The number of nitrogens with two attached hydrogens (primary N) is 1. The summed E-state index contributed by atoms with van der Waals surface area (Å²) in [5, 5.41) is 2.55. The molecule has 4 fully saturated rings. The molecule has 2 saturated carbocycles. The summed E-state index contributed by atoms with van der Waals surface area (Å²) in [7, 11) is 0. The molecule has 3 aliphatic heterocycles. The van der Waals surface area contributed by atoms with E-state index in [1.54, 1.807) is 5.57 Å². The molecule has 6 aliphatic rings. The first-order valence-electron chi connectivity index (χ1n) is 13.9. The van der Waals surface area contributed by atoms with Crippen molar-refractivity contribution >= 4 is 10.8 Å². The number of nitrogens with zero attached hydrogens (tertiary/aromatic N) is 2. The van der Waals surface area contributed by atoms with E-state index in [0.29, 0.717) is 23.9 Å². The second kappa shape index (κ2) is 7.06. The van der Waals surface area contributed by atoms with Crippen molar-refractivity contribution in [3.05, 3.63) is 65.5 Å². The Morgan fingerprint density at radius 3 is 2.89 bits per heavy atom. The Hall–Kier alpha value is -2.01. The number of hydrogen-bond donors (Lipinski definition) is 1. The quantitative estimate of drug-likeness (QED) is 0.635. The van der Waals surface area contributed by atoms with Gasteiger partial charge in [0.2, 0.25) is 0 Å². The average Bonchev–Trinajstić information content (AvgIpc) is 3.36. The molecule has 0 amide bonds. The highest BCUT2D eigenvalue weighted by Gasteiger charge is 2.66. The maximum Gasteiger partial charge on any atom is 0.0974 e. The van der Waals surface area contributed by atoms with Crippen LogP contribution in [-0.4, -0.2) is 46.3 Å². The molecular weight excluding hydrogens is 430 g/mol. The van der Waals surface area contributed by atoms with Crippen molar-refractivity contribution in [1.82, 2.24) is 9.88 Å². The van der Waals surface area contributed by atoms with E-state index in [4.69, 9.17) is 10.5 Å². The van der Waals surface area contributed by atoms with Gasteiger partial charge in [0.1, 0.15) is 0 Å². The summed E-state index contributed by atoms with van der Waals surface area (Å²) in [6.07, 6.45) is 18.8. The van der Waals surface area contributed by atoms with Gasteiger partial charge >= 0.3 is 0 Å². The lowest BCUT2D eigenvalue weighted by Gasteiger charge is -2.55. The predicted molar refractivity (Wildman–Crippen MR) is 139 cm³/mol. The van der Waals surface area contributed by atoms with Crippen LogP contribution in [0.15, 0.2) is 60.0 Å². The van der Waals surface area contributed by atoms with E-state index in [1.165, 1.54) is 73.3 Å². The first-order chi connectivity index (χ1) is 17.0. The maximum absolute atomic E-state index is 7.49. The summed E-state index contributed by atoms with van der Waals surface area (Å²) in [4.78, 5) is 7.01. The molecule has 2 N–H and O–H groups in total. The molecule has 2 saturated heterocycles. The van der Waals surface area contributed by atoms with Crippen LogP contribution in [0.2, 0.25) is 0 Å². The highest BCUT2D eigenvalue weighted by molar-refractivity contribution is 5.82. The van der Waals surface area contributed by atoms with Crippen LogP contribution in [-0.2, 0) is 4.74 Å². The van der Waals surface area contributed by atoms with Gasteiger partial charge < -0.3 is 10.5 Å². The van der Waals surface area contributed by atoms with E-state index in [0.717, 1.165) is 13.1 Å². The van der Waals surface area contributed by atoms with E-state index in [9.17, 15) is 0 Å². The van der Waals surface area contributed by atoms with E-state index >= 15 is 0 Å². The third kappa shape index (κ3) is 2.77. The number of benzene rings is 1. The lowest BCUT2D eigenvalue weighted by Crippen LogP contribution is -2.62. The lowest BCUT2D eigenvalue weighted by molar-refractivity contribution is -0.143. The predicted octanol–water partition coefficient (Wildman–Crippen LogP) is 5.49. The zero-order chi connectivity index (χ0) is 23.4. The molecule has 35 heavy (non-hydrogen) atoms. The summed E-state index contributed by atoms with van der Waals surface area (Å²) in [6.45, 7) is 4.71. The zero-order valence-corrected chi connectivity index (χ0v) is 20.9. The van der Waals surface area contributed by atoms with Crippen molar-refractivity contribution in [3.8, 4) is 0 Å². The molecule has 2 aromatic rings. The summed E-state index contributed by atoms with van der Waals surface area (Å²) in [5.74, 6) is 1.18. The van der Waals surface area contributed by atoms with Gasteiger partial charge in [-0.2, -0.15) is 0 Å². The minimum atomic E-state index is -0.0725. The number of pyridine rings is 1. The fourth-order valence-corrected chi connectivity index (χ4v) is 9.41. The third-order valence-corrected chi connectivity index (χ3v) is 11.2. The Kier molecular flexibility index (Phi) is 4.26. The fraction of sp³-hybridized carbons (Fsp3) is 0.581. The molecule has 4 heteroatoms. The summed E-state index contributed by atoms with van der Waals surface area (Å²) >= 11 is 0. The van der Waals surface area contributed by atoms with Gasteiger partial charge in [0.15, 0.2) is 0 Å². The minimum Gasteiger partial charge on any atom is -0.359 e. The van der Waals surface area contributed by atoms with Gasteiger partial charge in [0.25, 0.3) is 0 Å². The lowest BCUT2D eigenvalue weighted by atomic mass is 9.58. The highest BCUT2D eigenvalue weighted by Crippen LogP contribution is 2.69. The molecule has 6 atom stereocenters. The van der Waals surface area contributed by atoms with Gasteiger partial charge in [-0.25, -0.2) is 0 Å². The van der Waals surface area contributed by atoms with Crippen molar-refractivity contribution < 1.29 is 4.74 Å². The molecule has 3 aliphatic carbocycles. The smallest absolute Gasteiger partial charge is 0.0974 e. The standard InChI is InChI=1S/C31H37N3O/c1-29-10-8-24-15-23-4-5-26(34-18-25(32)19-34)16-30(23)11-12-31(24,35-30)28(29)7-6-27(29)21-3-2-20-9-13-33-17-22(20)14-21/h2-3,8-9,13-15,17,25-28H,4-7,10-12,16,18-19,32H2,1H3/t26-,27-,28-,29-,30-,31-/m1/s1. The van der Waals surface area contributed by atoms with Gasteiger partial charge in [0.05, 0.1) is 11.2 Å². The van der Waals surface area contributed by atoms with E-state index in [1.807, 2.05) is 12.4 Å². The number of likely N-dealkylation sites (tertiary alicyclic amines) is 1. The number of ether oxygens (including phenoxy) is 1. The Bertz CT molecular complexity index is 1280. The second-order valence-electron chi connectivity index (χ2n) is 12.8. The zero-order valence-electron chi connectivity index (χ0n) is 20.9. The van der Waals surface area contributed by atoms with E-state index in [2.05, 4.69) is 53.2 Å². The van der Waals surface area contributed by atoms with Crippen molar-refractivity contribution in [2.75, 3.05) is 13.1 Å². The monoisotopic (exact) mass is 467 g/mol. The second-order valence-corrected chi connectivity index (χ2v) is 12.8. The fourth-order valence-electron chi connectivity index (χ4n) is 9.41. The van der Waals surface area contributed by atoms with Gasteiger partial charge in [-0.3, -0.25) is 9.88 Å². The van der Waals surface area contributed by atoms with Crippen LogP contribution >= 0.6 is 0 Å². The molecule has 0 unspecified atom stereocenters. The summed E-state index contributed by atoms with van der Waals surface area (Å²) in [6, 6.07) is 10.2. The number of fused-ring (bicyclic) bond motifs is 2. The first-order valence-corrected chi connectivity index (χ1v) is 13.9. The average molecular weight is 468 g/mol.